The molecule has 0 aromatic heterocycles. The Morgan fingerprint density at radius 3 is 2.79 bits per heavy atom. The van der Waals surface area contributed by atoms with Gasteiger partial charge in [-0.2, -0.15) is 0 Å². The molecular weight excluding hydrogens is 260 g/mol. The van der Waals surface area contributed by atoms with Gasteiger partial charge in [0.2, 0.25) is 0 Å². The minimum atomic E-state index is 0.193. The van der Waals surface area contributed by atoms with Crippen LogP contribution in [0.15, 0.2) is 24.3 Å². The fourth-order valence-corrected chi connectivity index (χ4v) is 4.24. The summed E-state index contributed by atoms with van der Waals surface area (Å²) in [5.41, 5.74) is 0.774. The number of likely N-dealkylation sites (tertiary alicyclic amines) is 1. The molecule has 0 radical (unpaired) electrons. The number of piperidine rings is 2. The molecule has 1 amide bonds. The highest BCUT2D eigenvalue weighted by Gasteiger charge is 2.50. The van der Waals surface area contributed by atoms with Gasteiger partial charge in [0.05, 0.1) is 0 Å². The Hall–Kier alpha value is -1.06. The molecule has 0 N–H and O–H groups in total. The van der Waals surface area contributed by atoms with Crippen LogP contribution < -0.4 is 0 Å². The van der Waals surface area contributed by atoms with E-state index in [1.807, 2.05) is 12.1 Å². The Bertz CT molecular complexity index is 515. The molecule has 3 aliphatic heterocycles. The normalized spacial score (nSPS) is 35.7. The van der Waals surface area contributed by atoms with E-state index in [-0.39, 0.29) is 5.91 Å². The molecule has 100 valence electrons. The number of carbonyl (C=O) groups excluding carboxylic acids is 1. The van der Waals surface area contributed by atoms with Crippen LogP contribution in [0.4, 0.5) is 0 Å². The summed E-state index contributed by atoms with van der Waals surface area (Å²) in [5.74, 6) is 0.890. The van der Waals surface area contributed by atoms with Crippen molar-refractivity contribution in [2.24, 2.45) is 5.92 Å². The van der Waals surface area contributed by atoms with Gasteiger partial charge in [-0.3, -0.25) is 4.79 Å². The molecule has 4 unspecified atom stereocenters. The zero-order chi connectivity index (χ0) is 13.0. The van der Waals surface area contributed by atoms with Crippen LogP contribution >= 0.6 is 11.6 Å². The first-order chi connectivity index (χ1) is 9.22. The van der Waals surface area contributed by atoms with Crippen molar-refractivity contribution in [1.29, 1.82) is 0 Å². The Balaban J connectivity index is 1.65. The highest BCUT2D eigenvalue weighted by Crippen LogP contribution is 2.41. The molecule has 4 heteroatoms. The number of hydrogen-bond donors (Lipinski definition) is 0. The smallest absolute Gasteiger partial charge is 0.254 e. The summed E-state index contributed by atoms with van der Waals surface area (Å²) in [6.45, 7) is 3.40. The summed E-state index contributed by atoms with van der Waals surface area (Å²) in [5, 5.41) is 0.684. The number of nitrogens with zero attached hydrogens (tertiary/aromatic N) is 2. The van der Waals surface area contributed by atoms with E-state index in [0.29, 0.717) is 23.0 Å². The molecule has 1 aromatic rings. The average molecular weight is 277 g/mol. The first-order valence-electron chi connectivity index (χ1n) is 7.03. The van der Waals surface area contributed by atoms with Gasteiger partial charge in [0.15, 0.2) is 0 Å². The van der Waals surface area contributed by atoms with Gasteiger partial charge in [-0.05, 0) is 43.0 Å². The van der Waals surface area contributed by atoms with Gasteiger partial charge in [-0.25, -0.2) is 0 Å². The van der Waals surface area contributed by atoms with Gasteiger partial charge in [0.1, 0.15) is 0 Å². The van der Waals surface area contributed by atoms with E-state index < -0.39 is 0 Å². The van der Waals surface area contributed by atoms with Crippen LogP contribution in [0.1, 0.15) is 23.2 Å². The fraction of sp³-hybridized carbons (Fsp3) is 0.533. The van der Waals surface area contributed by atoms with Crippen LogP contribution in [0.5, 0.6) is 0 Å². The van der Waals surface area contributed by atoms with Crippen LogP contribution in [-0.2, 0) is 0 Å². The molecule has 0 aliphatic carbocycles. The third-order valence-electron chi connectivity index (χ3n) is 4.90. The molecule has 3 saturated heterocycles. The van der Waals surface area contributed by atoms with Crippen molar-refractivity contribution < 1.29 is 4.79 Å². The minimum absolute atomic E-state index is 0.193. The molecule has 0 saturated carbocycles. The fourth-order valence-electron chi connectivity index (χ4n) is 4.11. The predicted octanol–water partition coefficient (Wildman–Crippen LogP) is 2.26. The van der Waals surface area contributed by atoms with E-state index in [9.17, 15) is 4.79 Å². The molecule has 3 heterocycles. The van der Waals surface area contributed by atoms with Crippen molar-refractivity contribution >= 4 is 17.5 Å². The number of hydrogen-bond acceptors (Lipinski definition) is 2. The van der Waals surface area contributed by atoms with Crippen LogP contribution in [0.3, 0.4) is 0 Å². The largest absolute Gasteiger partial charge is 0.331 e. The lowest BCUT2D eigenvalue weighted by atomic mass is 9.89. The van der Waals surface area contributed by atoms with Crippen molar-refractivity contribution in [1.82, 2.24) is 9.80 Å². The zero-order valence-corrected chi connectivity index (χ0v) is 11.5. The molecule has 3 fully saturated rings. The lowest BCUT2D eigenvalue weighted by Gasteiger charge is -2.35. The maximum Gasteiger partial charge on any atom is 0.254 e. The molecule has 4 atom stereocenters. The summed E-state index contributed by atoms with van der Waals surface area (Å²) >= 11 is 5.90. The lowest BCUT2D eigenvalue weighted by molar-refractivity contribution is 0.0672. The van der Waals surface area contributed by atoms with E-state index in [1.165, 1.54) is 13.0 Å². The highest BCUT2D eigenvalue weighted by atomic mass is 35.5. The van der Waals surface area contributed by atoms with Crippen molar-refractivity contribution in [3.05, 3.63) is 34.9 Å². The predicted molar refractivity (Wildman–Crippen MR) is 74.4 cm³/mol. The zero-order valence-electron chi connectivity index (χ0n) is 10.8. The molecule has 4 rings (SSSR count). The quantitative estimate of drug-likeness (QED) is 0.786. The van der Waals surface area contributed by atoms with Gasteiger partial charge >= 0.3 is 0 Å². The van der Waals surface area contributed by atoms with E-state index >= 15 is 0 Å². The molecule has 19 heavy (non-hydrogen) atoms. The van der Waals surface area contributed by atoms with Gasteiger partial charge in [-0.15, -0.1) is 0 Å². The van der Waals surface area contributed by atoms with E-state index in [0.717, 1.165) is 25.1 Å². The Morgan fingerprint density at radius 1 is 1.21 bits per heavy atom. The van der Waals surface area contributed by atoms with Gasteiger partial charge in [0, 0.05) is 42.3 Å². The maximum atomic E-state index is 12.8. The highest BCUT2D eigenvalue weighted by molar-refractivity contribution is 6.30. The molecule has 1 aromatic carbocycles. The second-order valence-corrected chi connectivity index (χ2v) is 6.42. The second-order valence-electron chi connectivity index (χ2n) is 5.98. The second kappa shape index (κ2) is 4.22. The average Bonchev–Trinajstić information content (AvgIpc) is 2.58. The number of fused-ring (bicyclic) bond motifs is 2. The number of benzene rings is 1. The van der Waals surface area contributed by atoms with Crippen LogP contribution in [0.2, 0.25) is 5.02 Å². The topological polar surface area (TPSA) is 23.6 Å². The lowest BCUT2D eigenvalue weighted by Crippen LogP contribution is -2.44. The maximum absolute atomic E-state index is 12.8. The standard InChI is InChI=1S/C15H17ClN2O/c16-12-3-1-10(2-4-12)15(19)18-13-7-11-8-17(9-13)6-5-14(11)18/h1-4,11,13-14H,5-9H2. The van der Waals surface area contributed by atoms with E-state index in [4.69, 9.17) is 11.6 Å². The molecule has 3 nitrogen and oxygen atoms in total. The summed E-state index contributed by atoms with van der Waals surface area (Å²) in [7, 11) is 0. The number of amides is 1. The summed E-state index contributed by atoms with van der Waals surface area (Å²) < 4.78 is 0. The number of carbonyl (C=O) groups is 1. The van der Waals surface area contributed by atoms with Gasteiger partial charge < -0.3 is 9.80 Å². The van der Waals surface area contributed by atoms with Crippen LogP contribution in [0.25, 0.3) is 0 Å². The van der Waals surface area contributed by atoms with Gasteiger partial charge in [0.25, 0.3) is 5.91 Å². The monoisotopic (exact) mass is 276 g/mol. The molecular formula is C15H17ClN2O. The number of rotatable bonds is 1. The summed E-state index contributed by atoms with van der Waals surface area (Å²) in [4.78, 5) is 17.4. The first-order valence-corrected chi connectivity index (χ1v) is 7.41. The van der Waals surface area contributed by atoms with Crippen molar-refractivity contribution in [3.8, 4) is 0 Å². The Kier molecular flexibility index (Phi) is 2.61. The van der Waals surface area contributed by atoms with E-state index in [1.54, 1.807) is 12.1 Å². The van der Waals surface area contributed by atoms with Crippen molar-refractivity contribution in [2.75, 3.05) is 19.6 Å². The minimum Gasteiger partial charge on any atom is -0.331 e. The SMILES string of the molecule is O=C(c1ccc(Cl)cc1)N1C2CC3CN(CCC31)C2. The Morgan fingerprint density at radius 2 is 2.00 bits per heavy atom. The first kappa shape index (κ1) is 11.7. The van der Waals surface area contributed by atoms with Gasteiger partial charge in [-0.1, -0.05) is 11.6 Å². The summed E-state index contributed by atoms with van der Waals surface area (Å²) in [6.07, 6.45) is 2.33. The molecule has 3 aliphatic rings. The molecule has 0 spiro atoms. The third-order valence-corrected chi connectivity index (χ3v) is 5.15. The van der Waals surface area contributed by atoms with Crippen molar-refractivity contribution in [2.45, 2.75) is 24.9 Å². The van der Waals surface area contributed by atoms with Crippen LogP contribution in [0, 0.1) is 5.92 Å². The van der Waals surface area contributed by atoms with E-state index in [2.05, 4.69) is 9.80 Å². The molecule has 3 bridgehead atoms. The van der Waals surface area contributed by atoms with Crippen molar-refractivity contribution in [3.63, 3.8) is 0 Å². The number of halogens is 1. The third kappa shape index (κ3) is 1.79. The summed E-state index contributed by atoms with van der Waals surface area (Å²) in [6, 6.07) is 8.19. The van der Waals surface area contributed by atoms with Crippen LogP contribution in [-0.4, -0.2) is 47.4 Å². The Labute approximate surface area is 118 Å².